The highest BCUT2D eigenvalue weighted by molar-refractivity contribution is 6.24. The molecule has 4 aliphatic carbocycles. The van der Waals surface area contributed by atoms with Gasteiger partial charge in [-0.25, -0.2) is 0 Å². The highest BCUT2D eigenvalue weighted by Gasteiger charge is 2.72. The van der Waals surface area contributed by atoms with Crippen LogP contribution in [0.2, 0.25) is 0 Å². The Morgan fingerprint density at radius 1 is 1.04 bits per heavy atom. The number of phenols is 1. The molecule has 238 valence electrons. The van der Waals surface area contributed by atoms with Crippen molar-refractivity contribution in [3.63, 3.8) is 0 Å². The molecule has 0 spiro atoms. The number of aromatic hydroxyl groups is 1. The fourth-order valence-electron chi connectivity index (χ4n) is 8.79. The quantitative estimate of drug-likeness (QED) is 0.293. The molecular formula is C38H38O8. The topological polar surface area (TPSA) is 149 Å². The Labute approximate surface area is 267 Å². The lowest BCUT2D eigenvalue weighted by Crippen LogP contribution is -2.69. The van der Waals surface area contributed by atoms with E-state index in [2.05, 4.69) is 0 Å². The van der Waals surface area contributed by atoms with E-state index in [1.165, 1.54) is 6.07 Å². The van der Waals surface area contributed by atoms with Crippen LogP contribution < -0.4 is 0 Å². The van der Waals surface area contributed by atoms with Crippen LogP contribution in [-0.2, 0) is 32.0 Å². The number of rotatable bonds is 6. The molecule has 46 heavy (non-hydrogen) atoms. The van der Waals surface area contributed by atoms with Crippen LogP contribution in [0.3, 0.4) is 0 Å². The van der Waals surface area contributed by atoms with Gasteiger partial charge in [-0.3, -0.25) is 19.2 Å². The molecular weight excluding hydrogens is 584 g/mol. The number of ketones is 4. The fourth-order valence-corrected chi connectivity index (χ4v) is 8.79. The maximum atomic E-state index is 14.5. The highest BCUT2D eigenvalue weighted by atomic mass is 16.3. The number of carbonyl (C=O) groups is 4. The SMILES string of the molecule is CC(=O)C1=C(O)[C@]2(O)C(=O)C3=C(O)c4c(O)ccc(-c5cccc(CC(=O)C6=CC=CC6)c5)c4C[C@]3(C)C[C@]2(C)C(C(C)C)C1=O. The van der Waals surface area contributed by atoms with E-state index in [-0.39, 0.29) is 41.9 Å². The molecule has 8 nitrogen and oxygen atoms in total. The van der Waals surface area contributed by atoms with Crippen molar-refractivity contribution < 1.29 is 39.6 Å². The van der Waals surface area contributed by atoms with Gasteiger partial charge in [0.2, 0.25) is 5.78 Å². The largest absolute Gasteiger partial charge is 0.508 e. The number of Topliss-reactive ketones (excluding diaryl/α,β-unsaturated/α-hetero) is 4. The van der Waals surface area contributed by atoms with Gasteiger partial charge in [0.05, 0.1) is 5.56 Å². The summed E-state index contributed by atoms with van der Waals surface area (Å²) in [5, 5.41) is 46.4. The monoisotopic (exact) mass is 622 g/mol. The predicted molar refractivity (Wildman–Crippen MR) is 172 cm³/mol. The Hall–Kier alpha value is -4.56. The number of hydrogen-bond acceptors (Lipinski definition) is 8. The molecule has 0 amide bonds. The van der Waals surface area contributed by atoms with Crippen molar-refractivity contribution in [2.24, 2.45) is 22.7 Å². The van der Waals surface area contributed by atoms with Gasteiger partial charge < -0.3 is 20.4 Å². The second-order valence-corrected chi connectivity index (χ2v) is 14.1. The third kappa shape index (κ3) is 4.23. The molecule has 1 saturated carbocycles. The minimum absolute atomic E-state index is 0.0116. The molecule has 1 unspecified atom stereocenters. The molecule has 4 atom stereocenters. The molecule has 1 fully saturated rings. The van der Waals surface area contributed by atoms with E-state index >= 15 is 0 Å². The van der Waals surface area contributed by atoms with E-state index in [4.69, 9.17) is 0 Å². The van der Waals surface area contributed by atoms with Crippen LogP contribution in [-0.4, -0.2) is 49.2 Å². The second-order valence-electron chi connectivity index (χ2n) is 14.1. The van der Waals surface area contributed by atoms with Gasteiger partial charge in [0, 0.05) is 28.7 Å². The number of hydrogen-bond donors (Lipinski definition) is 4. The summed E-state index contributed by atoms with van der Waals surface area (Å²) < 4.78 is 0. The zero-order chi connectivity index (χ0) is 33.5. The average Bonchev–Trinajstić information content (AvgIpc) is 3.50. The smallest absolute Gasteiger partial charge is 0.203 e. The van der Waals surface area contributed by atoms with Gasteiger partial charge in [0.1, 0.15) is 22.8 Å². The number of aliphatic hydroxyl groups excluding tert-OH is 2. The number of carbonyl (C=O) groups excluding carboxylic acids is 4. The maximum Gasteiger partial charge on any atom is 0.203 e. The zero-order valence-corrected chi connectivity index (χ0v) is 26.6. The summed E-state index contributed by atoms with van der Waals surface area (Å²) in [5.74, 6) is -5.52. The van der Waals surface area contributed by atoms with Crippen LogP contribution in [0.4, 0.5) is 0 Å². The van der Waals surface area contributed by atoms with Crippen LogP contribution >= 0.6 is 0 Å². The van der Waals surface area contributed by atoms with Crippen LogP contribution in [0.15, 0.2) is 77.1 Å². The third-order valence-electron chi connectivity index (χ3n) is 10.6. The van der Waals surface area contributed by atoms with E-state index in [1.54, 1.807) is 33.8 Å². The summed E-state index contributed by atoms with van der Waals surface area (Å²) in [7, 11) is 0. The van der Waals surface area contributed by atoms with Gasteiger partial charge in [0.15, 0.2) is 23.0 Å². The molecule has 4 aliphatic rings. The first-order valence-electron chi connectivity index (χ1n) is 15.6. The molecule has 0 saturated heterocycles. The van der Waals surface area contributed by atoms with Crippen molar-refractivity contribution in [1.29, 1.82) is 0 Å². The molecule has 8 heteroatoms. The van der Waals surface area contributed by atoms with Gasteiger partial charge in [-0.2, -0.15) is 0 Å². The number of aliphatic hydroxyl groups is 3. The Morgan fingerprint density at radius 3 is 2.39 bits per heavy atom. The van der Waals surface area contributed by atoms with Crippen molar-refractivity contribution in [2.75, 3.05) is 0 Å². The molecule has 4 N–H and O–H groups in total. The van der Waals surface area contributed by atoms with E-state index in [0.29, 0.717) is 17.5 Å². The number of fused-ring (bicyclic) bond motifs is 3. The van der Waals surface area contributed by atoms with E-state index < -0.39 is 62.7 Å². The molecule has 2 aromatic rings. The van der Waals surface area contributed by atoms with Crippen molar-refractivity contribution in [1.82, 2.24) is 0 Å². The minimum atomic E-state index is -2.66. The summed E-state index contributed by atoms with van der Waals surface area (Å²) in [4.78, 5) is 53.7. The highest BCUT2D eigenvalue weighted by Crippen LogP contribution is 2.65. The average molecular weight is 623 g/mol. The lowest BCUT2D eigenvalue weighted by atomic mass is 9.43. The fraction of sp³-hybridized carbons (Fsp3) is 0.368. The number of allylic oxidation sites excluding steroid dienone is 5. The van der Waals surface area contributed by atoms with E-state index in [1.807, 2.05) is 42.5 Å². The lowest BCUT2D eigenvalue weighted by Gasteiger charge is -2.59. The van der Waals surface area contributed by atoms with Crippen LogP contribution in [0.5, 0.6) is 5.75 Å². The standard InChI is InChI=1S/C38H38O8/c1-19(2)30-32(42)28(20(3)39)34(44)38(46)35(45)31-33(43)29-25(17-36(31,4)18-37(30,38)5)24(13-14-26(29)40)23-12-8-9-21(15-23)16-27(41)22-10-6-7-11-22/h6-10,12-15,19,30,40,43-44,46H,11,16-18H2,1-5H3/t30?,36-,37-,38+/m1/s1. The van der Waals surface area contributed by atoms with Crippen LogP contribution in [0, 0.1) is 22.7 Å². The second kappa shape index (κ2) is 10.5. The number of benzene rings is 2. The van der Waals surface area contributed by atoms with Crippen LogP contribution in [0.25, 0.3) is 16.9 Å². The van der Waals surface area contributed by atoms with Gasteiger partial charge in [-0.1, -0.05) is 76.3 Å². The first-order chi connectivity index (χ1) is 21.6. The molecule has 0 heterocycles. The zero-order valence-electron chi connectivity index (χ0n) is 26.6. The Balaban J connectivity index is 1.52. The van der Waals surface area contributed by atoms with Crippen molar-refractivity contribution in [3.05, 3.63) is 93.8 Å². The normalized spacial score (nSPS) is 28.7. The summed E-state index contributed by atoms with van der Waals surface area (Å²) in [6, 6.07) is 10.7. The molecule has 0 radical (unpaired) electrons. The maximum absolute atomic E-state index is 14.5. The van der Waals surface area contributed by atoms with Gasteiger partial charge in [0.25, 0.3) is 0 Å². The van der Waals surface area contributed by atoms with Crippen molar-refractivity contribution >= 4 is 28.9 Å². The molecule has 0 aliphatic heterocycles. The molecule has 0 aromatic heterocycles. The first-order valence-corrected chi connectivity index (χ1v) is 15.6. The van der Waals surface area contributed by atoms with E-state index in [0.717, 1.165) is 23.6 Å². The molecule has 6 rings (SSSR count). The summed E-state index contributed by atoms with van der Waals surface area (Å²) >= 11 is 0. The Morgan fingerprint density at radius 2 is 1.76 bits per heavy atom. The third-order valence-corrected chi connectivity index (χ3v) is 10.6. The summed E-state index contributed by atoms with van der Waals surface area (Å²) in [5.41, 5.74) is -2.49. The summed E-state index contributed by atoms with van der Waals surface area (Å²) in [6.07, 6.45) is 6.62. The Kier molecular flexibility index (Phi) is 7.17. The first kappa shape index (κ1) is 31.4. The molecule has 2 aromatic carbocycles. The van der Waals surface area contributed by atoms with Crippen molar-refractivity contribution in [3.8, 4) is 16.9 Å². The van der Waals surface area contributed by atoms with Crippen LogP contribution in [0.1, 0.15) is 64.2 Å². The van der Waals surface area contributed by atoms with Crippen molar-refractivity contribution in [2.45, 2.75) is 65.9 Å². The lowest BCUT2D eigenvalue weighted by molar-refractivity contribution is -0.178. The Bertz CT molecular complexity index is 1890. The predicted octanol–water partition coefficient (Wildman–Crippen LogP) is 5.85. The van der Waals surface area contributed by atoms with E-state index in [9.17, 15) is 39.6 Å². The summed E-state index contributed by atoms with van der Waals surface area (Å²) in [6.45, 7) is 8.02. The molecule has 0 bridgehead atoms. The van der Waals surface area contributed by atoms with Gasteiger partial charge in [-0.05, 0) is 66.0 Å². The number of phenolic OH excluding ortho intramolecular Hbond substituents is 1. The van der Waals surface area contributed by atoms with Gasteiger partial charge >= 0.3 is 0 Å². The minimum Gasteiger partial charge on any atom is -0.508 e. The van der Waals surface area contributed by atoms with Gasteiger partial charge in [-0.15, -0.1) is 0 Å².